The van der Waals surface area contributed by atoms with Crippen LogP contribution in [-0.2, 0) is 4.74 Å². The maximum Gasteiger partial charge on any atom is 0.0866 e. The Hall–Kier alpha value is -0.280. The standard InChI is InChI=1S/C15H21Cl2NO/c1-15(2,3)18-9-11-6-7-19-14(11)10-4-5-12(16)13(17)8-10/h4-5,8,11,14,18H,6-7,9H2,1-3H3. The van der Waals surface area contributed by atoms with Gasteiger partial charge in [0.25, 0.3) is 0 Å². The highest BCUT2D eigenvalue weighted by Gasteiger charge is 2.30. The third-order valence-electron chi connectivity index (χ3n) is 3.38. The van der Waals surface area contributed by atoms with Crippen LogP contribution >= 0.6 is 23.2 Å². The minimum Gasteiger partial charge on any atom is -0.373 e. The van der Waals surface area contributed by atoms with E-state index in [1.807, 2.05) is 18.2 Å². The maximum atomic E-state index is 6.09. The molecule has 106 valence electrons. The fourth-order valence-corrected chi connectivity index (χ4v) is 2.64. The van der Waals surface area contributed by atoms with Gasteiger partial charge in [-0.1, -0.05) is 29.3 Å². The lowest BCUT2D eigenvalue weighted by atomic mass is 9.94. The van der Waals surface area contributed by atoms with Crippen molar-refractivity contribution in [3.8, 4) is 0 Å². The molecule has 1 aromatic carbocycles. The highest BCUT2D eigenvalue weighted by atomic mass is 35.5. The van der Waals surface area contributed by atoms with Crippen molar-refractivity contribution >= 4 is 23.2 Å². The monoisotopic (exact) mass is 301 g/mol. The van der Waals surface area contributed by atoms with Crippen LogP contribution in [0.1, 0.15) is 38.9 Å². The molecule has 19 heavy (non-hydrogen) atoms. The van der Waals surface area contributed by atoms with E-state index in [0.717, 1.165) is 25.1 Å². The van der Waals surface area contributed by atoms with E-state index in [-0.39, 0.29) is 11.6 Å². The molecule has 2 rings (SSSR count). The molecular weight excluding hydrogens is 281 g/mol. The molecule has 1 aliphatic heterocycles. The van der Waals surface area contributed by atoms with Crippen molar-refractivity contribution in [3.05, 3.63) is 33.8 Å². The van der Waals surface area contributed by atoms with E-state index in [2.05, 4.69) is 26.1 Å². The zero-order chi connectivity index (χ0) is 14.0. The average molecular weight is 302 g/mol. The summed E-state index contributed by atoms with van der Waals surface area (Å²) in [6, 6.07) is 5.77. The van der Waals surface area contributed by atoms with Crippen molar-refractivity contribution in [2.75, 3.05) is 13.2 Å². The Morgan fingerprint density at radius 3 is 2.63 bits per heavy atom. The first-order valence-electron chi connectivity index (χ1n) is 6.68. The minimum atomic E-state index is 0.115. The smallest absolute Gasteiger partial charge is 0.0866 e. The van der Waals surface area contributed by atoms with Gasteiger partial charge >= 0.3 is 0 Å². The third kappa shape index (κ3) is 4.09. The van der Waals surface area contributed by atoms with E-state index in [1.165, 1.54) is 0 Å². The van der Waals surface area contributed by atoms with Crippen molar-refractivity contribution in [2.45, 2.75) is 38.8 Å². The van der Waals surface area contributed by atoms with Crippen LogP contribution in [0.3, 0.4) is 0 Å². The zero-order valence-corrected chi connectivity index (χ0v) is 13.2. The van der Waals surface area contributed by atoms with Gasteiger partial charge in [0.2, 0.25) is 0 Å². The van der Waals surface area contributed by atoms with Crippen molar-refractivity contribution in [2.24, 2.45) is 5.92 Å². The van der Waals surface area contributed by atoms with Gasteiger partial charge in [-0.2, -0.15) is 0 Å². The number of hydrogen-bond acceptors (Lipinski definition) is 2. The van der Waals surface area contributed by atoms with Crippen molar-refractivity contribution < 1.29 is 4.74 Å². The third-order valence-corrected chi connectivity index (χ3v) is 4.12. The summed E-state index contributed by atoms with van der Waals surface area (Å²) in [5.74, 6) is 0.483. The summed E-state index contributed by atoms with van der Waals surface area (Å²) < 4.78 is 5.87. The van der Waals surface area contributed by atoms with Gasteiger partial charge in [-0.25, -0.2) is 0 Å². The molecule has 0 aromatic heterocycles. The summed E-state index contributed by atoms with van der Waals surface area (Å²) in [6.45, 7) is 8.29. The lowest BCUT2D eigenvalue weighted by Gasteiger charge is -2.26. The van der Waals surface area contributed by atoms with Crippen LogP contribution in [0, 0.1) is 5.92 Å². The average Bonchev–Trinajstić information content (AvgIpc) is 2.77. The van der Waals surface area contributed by atoms with Crippen molar-refractivity contribution in [1.29, 1.82) is 0 Å². The summed E-state index contributed by atoms with van der Waals surface area (Å²) in [7, 11) is 0. The Morgan fingerprint density at radius 1 is 1.26 bits per heavy atom. The van der Waals surface area contributed by atoms with Gasteiger partial charge in [0, 0.05) is 24.6 Å². The van der Waals surface area contributed by atoms with Gasteiger partial charge in [0.05, 0.1) is 16.1 Å². The fraction of sp³-hybridized carbons (Fsp3) is 0.600. The SMILES string of the molecule is CC(C)(C)NCC1CCOC1c1ccc(Cl)c(Cl)c1. The van der Waals surface area contributed by atoms with E-state index in [1.54, 1.807) is 0 Å². The largest absolute Gasteiger partial charge is 0.373 e. The van der Waals surface area contributed by atoms with Crippen LogP contribution in [0.25, 0.3) is 0 Å². The van der Waals surface area contributed by atoms with Crippen molar-refractivity contribution in [1.82, 2.24) is 5.32 Å². The van der Waals surface area contributed by atoms with Crippen LogP contribution in [0.5, 0.6) is 0 Å². The Morgan fingerprint density at radius 2 is 2.00 bits per heavy atom. The topological polar surface area (TPSA) is 21.3 Å². The van der Waals surface area contributed by atoms with Gasteiger partial charge in [-0.3, -0.25) is 0 Å². The Bertz CT molecular complexity index is 442. The Kier molecular flexibility index (Phi) is 4.78. The molecule has 0 radical (unpaired) electrons. The van der Waals surface area contributed by atoms with Gasteiger partial charge in [0.15, 0.2) is 0 Å². The highest BCUT2D eigenvalue weighted by molar-refractivity contribution is 6.42. The van der Waals surface area contributed by atoms with E-state index in [9.17, 15) is 0 Å². The van der Waals surface area contributed by atoms with E-state index >= 15 is 0 Å². The van der Waals surface area contributed by atoms with Gasteiger partial charge in [0.1, 0.15) is 0 Å². The first-order valence-corrected chi connectivity index (χ1v) is 7.44. The minimum absolute atomic E-state index is 0.115. The van der Waals surface area contributed by atoms with Crippen LogP contribution in [-0.4, -0.2) is 18.7 Å². The van der Waals surface area contributed by atoms with Crippen LogP contribution in [0.2, 0.25) is 10.0 Å². The summed E-state index contributed by atoms with van der Waals surface area (Å²) in [5.41, 5.74) is 1.25. The molecule has 0 amide bonds. The molecular formula is C15H21Cl2NO. The Labute approximate surface area is 125 Å². The maximum absolute atomic E-state index is 6.09. The number of rotatable bonds is 3. The lowest BCUT2D eigenvalue weighted by Crippen LogP contribution is -2.39. The number of benzene rings is 1. The molecule has 1 aromatic rings. The van der Waals surface area contributed by atoms with E-state index in [4.69, 9.17) is 27.9 Å². The molecule has 0 bridgehead atoms. The molecule has 1 saturated heterocycles. The molecule has 0 aliphatic carbocycles. The number of ether oxygens (including phenoxy) is 1. The molecule has 1 heterocycles. The molecule has 2 atom stereocenters. The van der Waals surface area contributed by atoms with E-state index in [0.29, 0.717) is 16.0 Å². The fourth-order valence-electron chi connectivity index (χ4n) is 2.34. The first-order chi connectivity index (χ1) is 8.87. The lowest BCUT2D eigenvalue weighted by molar-refractivity contribution is 0.0889. The molecule has 0 saturated carbocycles. The van der Waals surface area contributed by atoms with Gasteiger partial charge in [-0.05, 0) is 44.9 Å². The summed E-state index contributed by atoms with van der Waals surface area (Å²) in [4.78, 5) is 0. The number of halogens is 2. The predicted octanol–water partition coefficient (Wildman–Crippen LogP) is 4.46. The van der Waals surface area contributed by atoms with Crippen LogP contribution < -0.4 is 5.32 Å². The first kappa shape index (κ1) is 15.1. The predicted molar refractivity (Wildman–Crippen MR) is 81.0 cm³/mol. The number of hydrogen-bond donors (Lipinski definition) is 1. The quantitative estimate of drug-likeness (QED) is 0.890. The number of nitrogens with one attached hydrogen (secondary N) is 1. The van der Waals surface area contributed by atoms with Gasteiger partial charge < -0.3 is 10.1 Å². The second-order valence-electron chi connectivity index (χ2n) is 6.14. The molecule has 1 aliphatic rings. The molecule has 2 nitrogen and oxygen atoms in total. The zero-order valence-electron chi connectivity index (χ0n) is 11.7. The molecule has 1 fully saturated rings. The van der Waals surface area contributed by atoms with Crippen molar-refractivity contribution in [3.63, 3.8) is 0 Å². The Balaban J connectivity index is 2.07. The highest BCUT2D eigenvalue weighted by Crippen LogP contribution is 2.36. The van der Waals surface area contributed by atoms with Crippen LogP contribution in [0.15, 0.2) is 18.2 Å². The molecule has 0 spiro atoms. The molecule has 1 N–H and O–H groups in total. The van der Waals surface area contributed by atoms with Crippen LogP contribution in [0.4, 0.5) is 0 Å². The second kappa shape index (κ2) is 6.01. The molecule has 4 heteroatoms. The van der Waals surface area contributed by atoms with E-state index < -0.39 is 0 Å². The second-order valence-corrected chi connectivity index (χ2v) is 6.96. The summed E-state index contributed by atoms with van der Waals surface area (Å²) in [6.07, 6.45) is 1.19. The summed E-state index contributed by atoms with van der Waals surface area (Å²) in [5, 5.41) is 4.74. The summed E-state index contributed by atoms with van der Waals surface area (Å²) >= 11 is 12.0. The molecule has 2 unspecified atom stereocenters. The van der Waals surface area contributed by atoms with Gasteiger partial charge in [-0.15, -0.1) is 0 Å². The normalized spacial score (nSPS) is 23.8.